The molecule has 1 aliphatic rings. The van der Waals surface area contributed by atoms with E-state index in [4.69, 9.17) is 4.74 Å². The highest BCUT2D eigenvalue weighted by Gasteiger charge is 2.38. The fourth-order valence-corrected chi connectivity index (χ4v) is 2.68. The third-order valence-electron chi connectivity index (χ3n) is 3.79. The van der Waals surface area contributed by atoms with Crippen molar-refractivity contribution in [2.45, 2.75) is 65.0 Å². The molecule has 3 atom stereocenters. The SMILES string of the molecule is CCNC(C(C)CC)C1(C)CCCCO1. The number of ether oxygens (including phenoxy) is 1. The Balaban J connectivity index is 2.67. The maximum absolute atomic E-state index is 6.04. The van der Waals surface area contributed by atoms with Crippen molar-refractivity contribution in [3.05, 3.63) is 0 Å². The number of hydrogen-bond donors (Lipinski definition) is 1. The van der Waals surface area contributed by atoms with Gasteiger partial charge in [-0.2, -0.15) is 0 Å². The maximum Gasteiger partial charge on any atom is 0.0809 e. The van der Waals surface area contributed by atoms with Gasteiger partial charge in [0.15, 0.2) is 0 Å². The van der Waals surface area contributed by atoms with Crippen LogP contribution in [0.4, 0.5) is 0 Å². The molecule has 3 unspecified atom stereocenters. The van der Waals surface area contributed by atoms with E-state index in [1.165, 1.54) is 25.7 Å². The molecule has 1 fully saturated rings. The molecule has 90 valence electrons. The first kappa shape index (κ1) is 13.0. The minimum absolute atomic E-state index is 0.0592. The first-order valence-corrected chi connectivity index (χ1v) is 6.51. The Morgan fingerprint density at radius 2 is 2.07 bits per heavy atom. The first-order valence-electron chi connectivity index (χ1n) is 6.51. The summed E-state index contributed by atoms with van der Waals surface area (Å²) in [5.74, 6) is 0.688. The van der Waals surface area contributed by atoms with Crippen LogP contribution in [0.25, 0.3) is 0 Å². The second-order valence-corrected chi connectivity index (χ2v) is 5.04. The van der Waals surface area contributed by atoms with Gasteiger partial charge in [-0.1, -0.05) is 27.2 Å². The van der Waals surface area contributed by atoms with Crippen LogP contribution in [0.1, 0.15) is 53.4 Å². The summed E-state index contributed by atoms with van der Waals surface area (Å²) in [6.45, 7) is 11.0. The molecule has 0 aromatic rings. The molecule has 0 amide bonds. The summed E-state index contributed by atoms with van der Waals surface area (Å²) in [5.41, 5.74) is 0.0592. The van der Waals surface area contributed by atoms with Gasteiger partial charge < -0.3 is 10.1 Å². The Kier molecular flexibility index (Phi) is 5.07. The minimum atomic E-state index is 0.0592. The molecule has 0 aliphatic carbocycles. The molecule has 1 aliphatic heterocycles. The van der Waals surface area contributed by atoms with E-state index in [9.17, 15) is 0 Å². The van der Waals surface area contributed by atoms with Crippen LogP contribution in [0.2, 0.25) is 0 Å². The van der Waals surface area contributed by atoms with Crippen LogP contribution < -0.4 is 5.32 Å². The van der Waals surface area contributed by atoms with Crippen molar-refractivity contribution >= 4 is 0 Å². The molecule has 0 radical (unpaired) electrons. The van der Waals surface area contributed by atoms with Crippen LogP contribution in [0, 0.1) is 5.92 Å². The lowest BCUT2D eigenvalue weighted by Crippen LogP contribution is -2.55. The van der Waals surface area contributed by atoms with Gasteiger partial charge in [0.2, 0.25) is 0 Å². The van der Waals surface area contributed by atoms with Gasteiger partial charge in [-0.05, 0) is 38.6 Å². The van der Waals surface area contributed by atoms with Gasteiger partial charge in [0.25, 0.3) is 0 Å². The highest BCUT2D eigenvalue weighted by atomic mass is 16.5. The molecule has 1 saturated heterocycles. The summed E-state index contributed by atoms with van der Waals surface area (Å²) in [6.07, 6.45) is 4.97. The standard InChI is InChI=1S/C13H27NO/c1-5-11(3)12(14-6-2)13(4)9-7-8-10-15-13/h11-12,14H,5-10H2,1-4H3. The number of hydrogen-bond acceptors (Lipinski definition) is 2. The van der Waals surface area contributed by atoms with Crippen LogP contribution in [0.15, 0.2) is 0 Å². The smallest absolute Gasteiger partial charge is 0.0809 e. The van der Waals surface area contributed by atoms with Crippen LogP contribution in [0.3, 0.4) is 0 Å². The van der Waals surface area contributed by atoms with Crippen LogP contribution in [0.5, 0.6) is 0 Å². The molecular formula is C13H27NO. The van der Waals surface area contributed by atoms with Crippen molar-refractivity contribution in [1.82, 2.24) is 5.32 Å². The predicted molar refractivity (Wildman–Crippen MR) is 65.1 cm³/mol. The summed E-state index contributed by atoms with van der Waals surface area (Å²) in [5, 5.41) is 3.62. The molecule has 0 bridgehead atoms. The molecule has 0 saturated carbocycles. The molecular weight excluding hydrogens is 186 g/mol. The van der Waals surface area contributed by atoms with Crippen LogP contribution in [-0.4, -0.2) is 24.8 Å². The lowest BCUT2D eigenvalue weighted by molar-refractivity contribution is -0.0989. The molecule has 0 spiro atoms. The van der Waals surface area contributed by atoms with Crippen molar-refractivity contribution in [3.8, 4) is 0 Å². The fourth-order valence-electron chi connectivity index (χ4n) is 2.68. The molecule has 0 aromatic carbocycles. The van der Waals surface area contributed by atoms with Crippen LogP contribution in [-0.2, 0) is 4.74 Å². The lowest BCUT2D eigenvalue weighted by Gasteiger charge is -2.43. The molecule has 1 rings (SSSR count). The normalized spacial score (nSPS) is 31.2. The Hall–Kier alpha value is -0.0800. The Labute approximate surface area is 94.8 Å². The maximum atomic E-state index is 6.04. The third kappa shape index (κ3) is 3.18. The van der Waals surface area contributed by atoms with E-state index >= 15 is 0 Å². The second kappa shape index (κ2) is 5.86. The highest BCUT2D eigenvalue weighted by molar-refractivity contribution is 4.93. The first-order chi connectivity index (χ1) is 7.14. The molecule has 15 heavy (non-hydrogen) atoms. The van der Waals surface area contributed by atoms with Crippen molar-refractivity contribution in [3.63, 3.8) is 0 Å². The van der Waals surface area contributed by atoms with Crippen molar-refractivity contribution in [1.29, 1.82) is 0 Å². The Bertz CT molecular complexity index is 175. The minimum Gasteiger partial charge on any atom is -0.374 e. The van der Waals surface area contributed by atoms with Gasteiger partial charge in [0, 0.05) is 12.6 Å². The summed E-state index contributed by atoms with van der Waals surface area (Å²) in [4.78, 5) is 0. The average Bonchev–Trinajstić information content (AvgIpc) is 2.25. The van der Waals surface area contributed by atoms with Gasteiger partial charge in [0.05, 0.1) is 5.60 Å². The van der Waals surface area contributed by atoms with E-state index in [1.807, 2.05) is 0 Å². The predicted octanol–water partition coefficient (Wildman–Crippen LogP) is 2.97. The fraction of sp³-hybridized carbons (Fsp3) is 1.00. The summed E-state index contributed by atoms with van der Waals surface area (Å²) < 4.78 is 6.04. The van der Waals surface area contributed by atoms with Gasteiger partial charge in [-0.3, -0.25) is 0 Å². The van der Waals surface area contributed by atoms with E-state index in [-0.39, 0.29) is 5.60 Å². The molecule has 2 nitrogen and oxygen atoms in total. The molecule has 0 aromatic heterocycles. The Morgan fingerprint density at radius 3 is 2.53 bits per heavy atom. The summed E-state index contributed by atoms with van der Waals surface area (Å²) >= 11 is 0. The number of nitrogens with one attached hydrogen (secondary N) is 1. The zero-order chi connectivity index (χ0) is 11.3. The van der Waals surface area contributed by atoms with E-state index in [0.29, 0.717) is 12.0 Å². The van der Waals surface area contributed by atoms with Gasteiger partial charge in [-0.15, -0.1) is 0 Å². The zero-order valence-corrected chi connectivity index (χ0v) is 10.8. The van der Waals surface area contributed by atoms with Gasteiger partial charge in [0.1, 0.15) is 0 Å². The van der Waals surface area contributed by atoms with E-state index < -0.39 is 0 Å². The summed E-state index contributed by atoms with van der Waals surface area (Å²) in [7, 11) is 0. The van der Waals surface area contributed by atoms with Crippen LogP contribution >= 0.6 is 0 Å². The Morgan fingerprint density at radius 1 is 1.33 bits per heavy atom. The second-order valence-electron chi connectivity index (χ2n) is 5.04. The van der Waals surface area contributed by atoms with E-state index in [1.54, 1.807) is 0 Å². The quantitative estimate of drug-likeness (QED) is 0.758. The zero-order valence-electron chi connectivity index (χ0n) is 10.8. The van der Waals surface area contributed by atoms with Crippen molar-refractivity contribution in [2.24, 2.45) is 5.92 Å². The topological polar surface area (TPSA) is 21.3 Å². The van der Waals surface area contributed by atoms with E-state index in [0.717, 1.165) is 13.2 Å². The summed E-state index contributed by atoms with van der Waals surface area (Å²) in [6, 6.07) is 0.507. The number of likely N-dealkylation sites (N-methyl/N-ethyl adjacent to an activating group) is 1. The van der Waals surface area contributed by atoms with Crippen molar-refractivity contribution < 1.29 is 4.74 Å². The molecule has 2 heteroatoms. The van der Waals surface area contributed by atoms with Crippen molar-refractivity contribution in [2.75, 3.05) is 13.2 Å². The monoisotopic (exact) mass is 213 g/mol. The average molecular weight is 213 g/mol. The lowest BCUT2D eigenvalue weighted by atomic mass is 9.80. The largest absolute Gasteiger partial charge is 0.374 e. The third-order valence-corrected chi connectivity index (χ3v) is 3.79. The molecule has 1 N–H and O–H groups in total. The van der Waals surface area contributed by atoms with Gasteiger partial charge >= 0.3 is 0 Å². The van der Waals surface area contributed by atoms with E-state index in [2.05, 4.69) is 33.0 Å². The number of rotatable bonds is 5. The van der Waals surface area contributed by atoms with Gasteiger partial charge in [-0.25, -0.2) is 0 Å². The highest BCUT2D eigenvalue weighted by Crippen LogP contribution is 2.32. The molecule has 1 heterocycles.